The maximum atomic E-state index is 13.5. The Morgan fingerprint density at radius 3 is 2.00 bits per heavy atom. The van der Waals surface area contributed by atoms with Crippen molar-refractivity contribution in [1.82, 2.24) is 3.71 Å². The van der Waals surface area contributed by atoms with E-state index in [2.05, 4.69) is 0 Å². The molecule has 3 rings (SSSR count). The largest absolute Gasteiger partial charge is 0.384 e. The fourth-order valence-corrected chi connectivity index (χ4v) is 6.41. The Labute approximate surface area is 186 Å². The number of hydrogen-bond acceptors (Lipinski definition) is 4. The predicted octanol–water partition coefficient (Wildman–Crippen LogP) is 4.39. The second-order valence-electron chi connectivity index (χ2n) is 7.12. The minimum absolute atomic E-state index is 0.0613. The summed E-state index contributed by atoms with van der Waals surface area (Å²) < 4.78 is 41.2. The molecule has 3 aromatic carbocycles. The van der Waals surface area contributed by atoms with E-state index in [9.17, 15) is 17.7 Å². The zero-order chi connectivity index (χ0) is 22.4. The summed E-state index contributed by atoms with van der Waals surface area (Å²) in [5.74, 6) is 0. The monoisotopic (exact) mass is 455 g/mol. The minimum atomic E-state index is -4.08. The molecule has 0 aliphatic heterocycles. The summed E-state index contributed by atoms with van der Waals surface area (Å²) >= 11 is 0. The normalized spacial score (nSPS) is 15.1. The van der Waals surface area contributed by atoms with E-state index in [1.54, 1.807) is 67.6 Å². The highest BCUT2D eigenvalue weighted by Gasteiger charge is 2.34. The molecule has 0 aromatic heterocycles. The SMILES string of the molecule is Cc1ccc(S(=O)(=O)N([C@H](C)/C=C/[C@@H](O)c2ccccc2)S(=O)c2ccccc2)cc1. The molecule has 3 aromatic rings. The van der Waals surface area contributed by atoms with E-state index in [1.807, 2.05) is 25.1 Å². The van der Waals surface area contributed by atoms with Crippen LogP contribution in [0, 0.1) is 6.92 Å². The predicted molar refractivity (Wildman–Crippen MR) is 123 cm³/mol. The van der Waals surface area contributed by atoms with Crippen molar-refractivity contribution in [3.05, 3.63) is 108 Å². The van der Waals surface area contributed by atoms with Gasteiger partial charge in [0, 0.05) is 0 Å². The first-order chi connectivity index (χ1) is 14.8. The maximum absolute atomic E-state index is 13.5. The summed E-state index contributed by atoms with van der Waals surface area (Å²) in [6, 6.07) is 23.1. The highest BCUT2D eigenvalue weighted by molar-refractivity contribution is 8.01. The summed E-state index contributed by atoms with van der Waals surface area (Å²) in [7, 11) is -6.05. The molecular formula is C24H25NO4S2. The lowest BCUT2D eigenvalue weighted by Gasteiger charge is -2.25. The highest BCUT2D eigenvalue weighted by Crippen LogP contribution is 2.25. The summed E-state index contributed by atoms with van der Waals surface area (Å²) in [4.78, 5) is 0.438. The Morgan fingerprint density at radius 2 is 1.42 bits per heavy atom. The van der Waals surface area contributed by atoms with Crippen LogP contribution in [0.3, 0.4) is 0 Å². The smallest absolute Gasteiger partial charge is 0.255 e. The Morgan fingerprint density at radius 1 is 0.871 bits per heavy atom. The summed E-state index contributed by atoms with van der Waals surface area (Å²) in [5, 5.41) is 10.4. The lowest BCUT2D eigenvalue weighted by molar-refractivity contribution is 0.228. The van der Waals surface area contributed by atoms with E-state index in [1.165, 1.54) is 18.2 Å². The van der Waals surface area contributed by atoms with Gasteiger partial charge in [-0.15, -0.1) is 3.71 Å². The van der Waals surface area contributed by atoms with Crippen molar-refractivity contribution in [1.29, 1.82) is 0 Å². The lowest BCUT2D eigenvalue weighted by atomic mass is 10.1. The zero-order valence-corrected chi connectivity index (χ0v) is 19.0. The Hall–Kier alpha value is -2.58. The molecule has 0 aliphatic carbocycles. The van der Waals surface area contributed by atoms with Gasteiger partial charge in [-0.3, -0.25) is 0 Å². The molecule has 31 heavy (non-hydrogen) atoms. The van der Waals surface area contributed by atoms with Gasteiger partial charge in [-0.25, -0.2) is 12.6 Å². The van der Waals surface area contributed by atoms with Crippen LogP contribution >= 0.6 is 0 Å². The van der Waals surface area contributed by atoms with E-state index in [-0.39, 0.29) is 4.90 Å². The van der Waals surface area contributed by atoms with E-state index in [4.69, 9.17) is 0 Å². The molecule has 1 unspecified atom stereocenters. The van der Waals surface area contributed by atoms with Crippen LogP contribution in [0.2, 0.25) is 0 Å². The number of rotatable bonds is 8. The number of aliphatic hydroxyl groups is 1. The summed E-state index contributed by atoms with van der Waals surface area (Å²) in [6.07, 6.45) is 2.17. The van der Waals surface area contributed by atoms with Gasteiger partial charge in [0.05, 0.1) is 21.9 Å². The van der Waals surface area contributed by atoms with Crippen LogP contribution in [0.5, 0.6) is 0 Å². The van der Waals surface area contributed by atoms with Crippen LogP contribution in [0.1, 0.15) is 24.2 Å². The Bertz CT molecular complexity index is 1150. The first kappa shape index (κ1) is 23.1. The molecule has 0 amide bonds. The molecule has 1 N–H and O–H groups in total. The number of sulfonamides is 1. The van der Waals surface area contributed by atoms with E-state index < -0.39 is 33.2 Å². The van der Waals surface area contributed by atoms with Gasteiger partial charge in [-0.2, -0.15) is 0 Å². The second-order valence-corrected chi connectivity index (χ2v) is 10.5. The Kier molecular flexibility index (Phi) is 7.56. The first-order valence-corrected chi connectivity index (χ1v) is 12.3. The molecule has 3 atom stereocenters. The molecular weight excluding hydrogens is 430 g/mol. The molecule has 162 valence electrons. The van der Waals surface area contributed by atoms with Gasteiger partial charge in [-0.1, -0.05) is 78.4 Å². The number of nitrogens with zero attached hydrogens (tertiary/aromatic N) is 1. The van der Waals surface area contributed by atoms with Crippen molar-refractivity contribution in [3.63, 3.8) is 0 Å². The van der Waals surface area contributed by atoms with Crippen molar-refractivity contribution in [3.8, 4) is 0 Å². The number of benzene rings is 3. The molecule has 0 aliphatic rings. The molecule has 0 bridgehead atoms. The first-order valence-electron chi connectivity index (χ1n) is 9.80. The van der Waals surface area contributed by atoms with E-state index in [0.717, 1.165) is 9.27 Å². The second kappa shape index (κ2) is 10.2. The maximum Gasteiger partial charge on any atom is 0.255 e. The molecule has 5 nitrogen and oxygen atoms in total. The van der Waals surface area contributed by atoms with Crippen molar-refractivity contribution < 1.29 is 17.7 Å². The van der Waals surface area contributed by atoms with Gasteiger partial charge in [0.15, 0.2) is 0 Å². The standard InChI is InChI=1S/C24H25NO4S2/c1-19-13-16-23(17-14-19)31(28,29)25(30(27)22-11-7-4-8-12-22)20(2)15-18-24(26)21-9-5-3-6-10-21/h3-18,20,24,26H,1-2H3/b18-15+/t20-,24-,30?/m1/s1. The molecule has 0 radical (unpaired) electrons. The topological polar surface area (TPSA) is 74.7 Å². The van der Waals surface area contributed by atoms with Crippen LogP contribution < -0.4 is 0 Å². The fraction of sp³-hybridized carbons (Fsp3) is 0.167. The highest BCUT2D eigenvalue weighted by atomic mass is 32.3. The average molecular weight is 456 g/mol. The van der Waals surface area contributed by atoms with Gasteiger partial charge in [0.1, 0.15) is 11.0 Å². The molecule has 0 fully saturated rings. The van der Waals surface area contributed by atoms with Crippen LogP contribution in [0.4, 0.5) is 0 Å². The molecule has 0 saturated carbocycles. The minimum Gasteiger partial charge on any atom is -0.384 e. The van der Waals surface area contributed by atoms with Crippen LogP contribution in [-0.2, 0) is 21.0 Å². The average Bonchev–Trinajstić information content (AvgIpc) is 2.79. The number of aryl methyl sites for hydroxylation is 1. The van der Waals surface area contributed by atoms with E-state index in [0.29, 0.717) is 10.5 Å². The number of aliphatic hydroxyl groups excluding tert-OH is 1. The summed E-state index contributed by atoms with van der Waals surface area (Å²) in [6.45, 7) is 3.51. The van der Waals surface area contributed by atoms with Gasteiger partial charge >= 0.3 is 0 Å². The molecule has 0 spiro atoms. The quantitative estimate of drug-likeness (QED) is 0.511. The molecule has 0 saturated heterocycles. The molecule has 0 heterocycles. The van der Waals surface area contributed by atoms with Crippen LogP contribution in [0.25, 0.3) is 0 Å². The van der Waals surface area contributed by atoms with Gasteiger partial charge < -0.3 is 5.11 Å². The Balaban J connectivity index is 1.98. The van der Waals surface area contributed by atoms with E-state index >= 15 is 0 Å². The van der Waals surface area contributed by atoms with Gasteiger partial charge in [0.2, 0.25) is 0 Å². The lowest BCUT2D eigenvalue weighted by Crippen LogP contribution is -2.39. The van der Waals surface area contributed by atoms with Crippen LogP contribution in [-0.4, -0.2) is 27.5 Å². The van der Waals surface area contributed by atoms with Crippen LogP contribution in [0.15, 0.2) is 107 Å². The van der Waals surface area contributed by atoms with Crippen molar-refractivity contribution in [2.45, 2.75) is 35.8 Å². The van der Waals surface area contributed by atoms with Gasteiger partial charge in [0.25, 0.3) is 10.0 Å². The fourth-order valence-electron chi connectivity index (χ4n) is 3.01. The van der Waals surface area contributed by atoms with Gasteiger partial charge in [-0.05, 0) is 43.7 Å². The third kappa shape index (κ3) is 5.57. The number of hydrogen-bond donors (Lipinski definition) is 1. The van der Waals surface area contributed by atoms with Crippen molar-refractivity contribution in [2.75, 3.05) is 0 Å². The van der Waals surface area contributed by atoms with Crippen molar-refractivity contribution in [2.24, 2.45) is 0 Å². The third-order valence-corrected chi connectivity index (χ3v) is 8.71. The third-order valence-electron chi connectivity index (χ3n) is 4.71. The zero-order valence-electron chi connectivity index (χ0n) is 17.3. The molecule has 7 heteroatoms. The van der Waals surface area contributed by atoms with Crippen molar-refractivity contribution >= 4 is 21.0 Å². The summed E-state index contributed by atoms with van der Waals surface area (Å²) in [5.41, 5.74) is 1.61.